The Balaban J connectivity index is 1.52. The molecular weight excluding hydrogens is 380 g/mol. The molecule has 1 atom stereocenters. The van der Waals surface area contributed by atoms with Gasteiger partial charge in [-0.25, -0.2) is 4.98 Å². The summed E-state index contributed by atoms with van der Waals surface area (Å²) in [4.78, 5) is 17.0. The van der Waals surface area contributed by atoms with Crippen molar-refractivity contribution in [2.75, 3.05) is 13.2 Å². The first-order valence-electron chi connectivity index (χ1n) is 9.54. The zero-order valence-electron chi connectivity index (χ0n) is 15.9. The van der Waals surface area contributed by atoms with Gasteiger partial charge in [0.15, 0.2) is 11.5 Å². The van der Waals surface area contributed by atoms with Crippen LogP contribution in [0.25, 0.3) is 0 Å². The molecule has 1 aliphatic heterocycles. The van der Waals surface area contributed by atoms with Crippen LogP contribution in [0, 0.1) is 5.92 Å². The third-order valence-corrected chi connectivity index (χ3v) is 4.99. The predicted molar refractivity (Wildman–Crippen MR) is 105 cm³/mol. The molecule has 1 aromatic heterocycles. The Morgan fingerprint density at radius 2 is 1.96 bits per heavy atom. The van der Waals surface area contributed by atoms with Gasteiger partial charge in [0.05, 0.1) is 17.7 Å². The van der Waals surface area contributed by atoms with Crippen LogP contribution in [-0.4, -0.2) is 30.2 Å². The minimum absolute atomic E-state index is 0.0425. The molecule has 1 saturated carbocycles. The van der Waals surface area contributed by atoms with Crippen LogP contribution in [0.5, 0.6) is 17.4 Å². The molecule has 1 amide bonds. The van der Waals surface area contributed by atoms with E-state index in [2.05, 4.69) is 10.3 Å². The maximum Gasteiger partial charge on any atom is 0.253 e. The van der Waals surface area contributed by atoms with Gasteiger partial charge >= 0.3 is 0 Å². The van der Waals surface area contributed by atoms with E-state index in [1.54, 1.807) is 6.07 Å². The fourth-order valence-corrected chi connectivity index (χ4v) is 3.45. The second-order valence-corrected chi connectivity index (χ2v) is 7.78. The first kappa shape index (κ1) is 18.9. The minimum Gasteiger partial charge on any atom is -0.486 e. The Bertz CT molecular complexity index is 883. The Labute approximate surface area is 169 Å². The quantitative estimate of drug-likeness (QED) is 0.785. The molecule has 2 aromatic rings. The second-order valence-electron chi connectivity index (χ2n) is 7.37. The van der Waals surface area contributed by atoms with Gasteiger partial charge in [0.25, 0.3) is 5.91 Å². The number of nitrogens with one attached hydrogen (secondary N) is 1. The fourth-order valence-electron chi connectivity index (χ4n) is 3.24. The van der Waals surface area contributed by atoms with Gasteiger partial charge in [-0.1, -0.05) is 17.7 Å². The van der Waals surface area contributed by atoms with Crippen LogP contribution in [0.1, 0.15) is 48.7 Å². The molecule has 4 rings (SSSR count). The summed E-state index contributed by atoms with van der Waals surface area (Å²) in [5, 5.41) is 3.45. The Morgan fingerprint density at radius 3 is 2.64 bits per heavy atom. The van der Waals surface area contributed by atoms with E-state index in [-0.39, 0.29) is 18.1 Å². The van der Waals surface area contributed by atoms with Crippen molar-refractivity contribution in [1.82, 2.24) is 10.3 Å². The number of halogens is 1. The van der Waals surface area contributed by atoms with E-state index >= 15 is 0 Å². The number of hydrogen-bond acceptors (Lipinski definition) is 5. The Morgan fingerprint density at radius 1 is 1.21 bits per heavy atom. The highest BCUT2D eigenvalue weighted by Crippen LogP contribution is 2.43. The lowest BCUT2D eigenvalue weighted by Crippen LogP contribution is -2.30. The van der Waals surface area contributed by atoms with E-state index < -0.39 is 0 Å². The molecule has 0 spiro atoms. The van der Waals surface area contributed by atoms with Crippen molar-refractivity contribution >= 4 is 17.5 Å². The van der Waals surface area contributed by atoms with E-state index in [1.807, 2.05) is 32.0 Å². The molecule has 0 radical (unpaired) electrons. The summed E-state index contributed by atoms with van der Waals surface area (Å²) in [5.41, 5.74) is 1.42. The number of aromatic nitrogens is 1. The summed E-state index contributed by atoms with van der Waals surface area (Å²) in [5.74, 6) is 2.01. The van der Waals surface area contributed by atoms with Crippen LogP contribution in [0.4, 0.5) is 0 Å². The molecule has 1 unspecified atom stereocenters. The molecule has 1 fully saturated rings. The number of amides is 1. The van der Waals surface area contributed by atoms with Crippen LogP contribution in [0.2, 0.25) is 5.02 Å². The summed E-state index contributed by atoms with van der Waals surface area (Å²) in [6, 6.07) is 7.36. The maximum atomic E-state index is 12.8. The second kappa shape index (κ2) is 7.87. The molecule has 2 heterocycles. The molecule has 0 bridgehead atoms. The first-order valence-corrected chi connectivity index (χ1v) is 9.91. The number of carbonyl (C=O) groups is 1. The van der Waals surface area contributed by atoms with E-state index in [0.29, 0.717) is 35.6 Å². The average Bonchev–Trinajstić information content (AvgIpc) is 3.52. The van der Waals surface area contributed by atoms with Crippen LogP contribution in [-0.2, 0) is 0 Å². The van der Waals surface area contributed by atoms with Crippen LogP contribution in [0.3, 0.4) is 0 Å². The smallest absolute Gasteiger partial charge is 0.253 e. The summed E-state index contributed by atoms with van der Waals surface area (Å²) in [6.07, 6.45) is 3.62. The van der Waals surface area contributed by atoms with E-state index in [0.717, 1.165) is 29.9 Å². The highest BCUT2D eigenvalue weighted by molar-refractivity contribution is 6.32. The number of rotatable bonds is 6. The third kappa shape index (κ3) is 4.17. The summed E-state index contributed by atoms with van der Waals surface area (Å²) in [6.45, 7) is 4.88. The van der Waals surface area contributed by atoms with Gasteiger partial charge in [-0.05, 0) is 56.4 Å². The SMILES string of the molecule is CC(C)Oc1ncc(C(=O)NC(c2ccc3c(c2)OCCO3)C2CC2)cc1Cl. The van der Waals surface area contributed by atoms with E-state index in [1.165, 1.54) is 6.20 Å². The van der Waals surface area contributed by atoms with Crippen molar-refractivity contribution in [1.29, 1.82) is 0 Å². The number of hydrogen-bond donors (Lipinski definition) is 1. The first-order chi connectivity index (χ1) is 13.5. The van der Waals surface area contributed by atoms with Crippen molar-refractivity contribution in [3.8, 4) is 17.4 Å². The lowest BCUT2D eigenvalue weighted by molar-refractivity contribution is 0.0931. The average molecular weight is 403 g/mol. The summed E-state index contributed by atoms with van der Waals surface area (Å²) >= 11 is 6.23. The van der Waals surface area contributed by atoms with Crippen LogP contribution < -0.4 is 19.5 Å². The lowest BCUT2D eigenvalue weighted by atomic mass is 10.0. The highest BCUT2D eigenvalue weighted by atomic mass is 35.5. The Hall–Kier alpha value is -2.47. The van der Waals surface area contributed by atoms with Crippen LogP contribution >= 0.6 is 11.6 Å². The van der Waals surface area contributed by atoms with Crippen molar-refractivity contribution in [2.45, 2.75) is 38.8 Å². The molecule has 1 aromatic carbocycles. The zero-order valence-corrected chi connectivity index (χ0v) is 16.7. The fraction of sp³-hybridized carbons (Fsp3) is 0.429. The number of pyridine rings is 1. The molecule has 1 aliphatic carbocycles. The van der Waals surface area contributed by atoms with Crippen LogP contribution in [0.15, 0.2) is 30.5 Å². The third-order valence-electron chi connectivity index (χ3n) is 4.72. The molecule has 7 heteroatoms. The molecule has 2 aliphatic rings. The standard InChI is InChI=1S/C21H23ClN2O4/c1-12(2)28-21-16(22)9-15(11-23-21)20(25)24-19(13-3-4-13)14-5-6-17-18(10-14)27-8-7-26-17/h5-6,9-13,19H,3-4,7-8H2,1-2H3,(H,24,25). The summed E-state index contributed by atoms with van der Waals surface area (Å²) < 4.78 is 16.8. The highest BCUT2D eigenvalue weighted by Gasteiger charge is 2.34. The predicted octanol–water partition coefficient (Wildman–Crippen LogP) is 4.17. The number of nitrogens with zero attached hydrogens (tertiary/aromatic N) is 1. The minimum atomic E-state index is -0.211. The summed E-state index contributed by atoms with van der Waals surface area (Å²) in [7, 11) is 0. The maximum absolute atomic E-state index is 12.8. The van der Waals surface area contributed by atoms with E-state index in [9.17, 15) is 4.79 Å². The van der Waals surface area contributed by atoms with Gasteiger partial charge in [0.1, 0.15) is 18.2 Å². The topological polar surface area (TPSA) is 69.7 Å². The van der Waals surface area contributed by atoms with Gasteiger partial charge in [0.2, 0.25) is 5.88 Å². The van der Waals surface area contributed by atoms with Gasteiger partial charge in [0, 0.05) is 6.20 Å². The van der Waals surface area contributed by atoms with Crippen molar-refractivity contribution < 1.29 is 19.0 Å². The monoisotopic (exact) mass is 402 g/mol. The zero-order chi connectivity index (χ0) is 19.7. The molecular formula is C21H23ClN2O4. The van der Waals surface area contributed by atoms with E-state index in [4.69, 9.17) is 25.8 Å². The van der Waals surface area contributed by atoms with Crippen molar-refractivity contribution in [3.05, 3.63) is 46.6 Å². The number of ether oxygens (including phenoxy) is 3. The number of benzene rings is 1. The van der Waals surface area contributed by atoms with Gasteiger partial charge < -0.3 is 19.5 Å². The van der Waals surface area contributed by atoms with Gasteiger partial charge in [-0.2, -0.15) is 0 Å². The molecule has 148 valence electrons. The number of carbonyl (C=O) groups excluding carboxylic acids is 1. The Kier molecular flexibility index (Phi) is 5.31. The van der Waals surface area contributed by atoms with Gasteiger partial charge in [-0.15, -0.1) is 0 Å². The van der Waals surface area contributed by atoms with Crippen molar-refractivity contribution in [3.63, 3.8) is 0 Å². The van der Waals surface area contributed by atoms with Gasteiger partial charge in [-0.3, -0.25) is 4.79 Å². The lowest BCUT2D eigenvalue weighted by Gasteiger charge is -2.23. The molecule has 1 N–H and O–H groups in total. The molecule has 6 nitrogen and oxygen atoms in total. The number of fused-ring (bicyclic) bond motifs is 1. The normalized spacial score (nSPS) is 16.6. The molecule has 0 saturated heterocycles. The largest absolute Gasteiger partial charge is 0.486 e. The molecule has 28 heavy (non-hydrogen) atoms. The van der Waals surface area contributed by atoms with Crippen molar-refractivity contribution in [2.24, 2.45) is 5.92 Å².